The number of hydrogen-bond donors (Lipinski definition) is 3. The first-order chi connectivity index (χ1) is 11.9. The van der Waals surface area contributed by atoms with Crippen LogP contribution in [0.5, 0.6) is 5.75 Å². The SMILES string of the molecule is CNS(=O)(=O)c1ccc(/C(N)=N/N(N)Cc2ccncc2)cc1OC. The third kappa shape index (κ3) is 4.66. The van der Waals surface area contributed by atoms with E-state index in [0.29, 0.717) is 12.1 Å². The Labute approximate surface area is 146 Å². The van der Waals surface area contributed by atoms with Crippen molar-refractivity contribution in [3.05, 3.63) is 53.9 Å². The van der Waals surface area contributed by atoms with Crippen molar-refractivity contribution in [3.8, 4) is 5.75 Å². The first kappa shape index (κ1) is 18.6. The average molecular weight is 364 g/mol. The van der Waals surface area contributed by atoms with E-state index in [2.05, 4.69) is 14.8 Å². The fraction of sp³-hybridized carbons (Fsp3) is 0.200. The zero-order valence-electron chi connectivity index (χ0n) is 13.9. The van der Waals surface area contributed by atoms with Crippen LogP contribution < -0.4 is 21.0 Å². The molecule has 0 bridgehead atoms. The van der Waals surface area contributed by atoms with Gasteiger partial charge in [0.05, 0.1) is 13.7 Å². The molecule has 0 aliphatic carbocycles. The molecule has 25 heavy (non-hydrogen) atoms. The molecule has 2 rings (SSSR count). The molecule has 0 radical (unpaired) electrons. The number of hydrazine groups is 1. The molecule has 5 N–H and O–H groups in total. The average Bonchev–Trinajstić information content (AvgIpc) is 2.61. The van der Waals surface area contributed by atoms with Gasteiger partial charge in [-0.25, -0.2) is 24.1 Å². The van der Waals surface area contributed by atoms with E-state index < -0.39 is 10.0 Å². The second-order valence-corrected chi connectivity index (χ2v) is 6.87. The maximum Gasteiger partial charge on any atom is 0.243 e. The van der Waals surface area contributed by atoms with E-state index in [1.807, 2.05) is 12.1 Å². The Morgan fingerprint density at radius 3 is 2.60 bits per heavy atom. The van der Waals surface area contributed by atoms with Crippen LogP contribution in [0.3, 0.4) is 0 Å². The van der Waals surface area contributed by atoms with Crippen molar-refractivity contribution >= 4 is 15.9 Å². The number of nitrogens with one attached hydrogen (secondary N) is 1. The highest BCUT2D eigenvalue weighted by Crippen LogP contribution is 2.24. The minimum absolute atomic E-state index is 0.00967. The normalized spacial score (nSPS) is 12.0. The molecule has 2 aromatic rings. The van der Waals surface area contributed by atoms with Gasteiger partial charge in [-0.3, -0.25) is 4.98 Å². The van der Waals surface area contributed by atoms with Gasteiger partial charge < -0.3 is 10.5 Å². The number of nitrogens with zero attached hydrogens (tertiary/aromatic N) is 3. The quantitative estimate of drug-likeness (QED) is 0.272. The Balaban J connectivity index is 2.25. The van der Waals surface area contributed by atoms with Crippen LogP contribution in [-0.4, -0.2) is 38.5 Å². The molecule has 0 spiro atoms. The fourth-order valence-electron chi connectivity index (χ4n) is 2.07. The van der Waals surface area contributed by atoms with Crippen LogP contribution in [0.4, 0.5) is 0 Å². The molecule has 1 aromatic carbocycles. The van der Waals surface area contributed by atoms with Crippen LogP contribution in [0.25, 0.3) is 0 Å². The van der Waals surface area contributed by atoms with Gasteiger partial charge in [0.25, 0.3) is 0 Å². The second-order valence-electron chi connectivity index (χ2n) is 5.01. The Hall–Kier alpha value is -2.69. The van der Waals surface area contributed by atoms with Crippen LogP contribution in [-0.2, 0) is 16.6 Å². The van der Waals surface area contributed by atoms with Gasteiger partial charge in [-0.2, -0.15) is 0 Å². The van der Waals surface area contributed by atoms with Gasteiger partial charge >= 0.3 is 0 Å². The van der Waals surface area contributed by atoms with E-state index in [1.165, 1.54) is 37.5 Å². The van der Waals surface area contributed by atoms with Gasteiger partial charge in [0.2, 0.25) is 10.0 Å². The lowest BCUT2D eigenvalue weighted by atomic mass is 10.2. The van der Waals surface area contributed by atoms with E-state index in [-0.39, 0.29) is 16.5 Å². The molecule has 134 valence electrons. The number of sulfonamides is 1. The van der Waals surface area contributed by atoms with Gasteiger partial charge in [0.1, 0.15) is 10.6 Å². The summed E-state index contributed by atoms with van der Waals surface area (Å²) >= 11 is 0. The molecule has 1 heterocycles. The molecule has 0 saturated heterocycles. The number of pyridine rings is 1. The van der Waals surface area contributed by atoms with Gasteiger partial charge in [-0.05, 0) is 42.9 Å². The molecule has 0 unspecified atom stereocenters. The summed E-state index contributed by atoms with van der Waals surface area (Å²) in [6, 6.07) is 8.04. The first-order valence-electron chi connectivity index (χ1n) is 7.24. The maximum absolute atomic E-state index is 12.0. The van der Waals surface area contributed by atoms with E-state index in [9.17, 15) is 8.42 Å². The summed E-state index contributed by atoms with van der Waals surface area (Å²) in [5.74, 6) is 6.13. The van der Waals surface area contributed by atoms with Crippen molar-refractivity contribution in [1.82, 2.24) is 14.8 Å². The van der Waals surface area contributed by atoms with Crippen molar-refractivity contribution in [2.24, 2.45) is 16.7 Å². The van der Waals surface area contributed by atoms with E-state index in [1.54, 1.807) is 12.4 Å². The molecule has 9 nitrogen and oxygen atoms in total. The van der Waals surface area contributed by atoms with Crippen LogP contribution >= 0.6 is 0 Å². The van der Waals surface area contributed by atoms with Crippen molar-refractivity contribution < 1.29 is 13.2 Å². The largest absolute Gasteiger partial charge is 0.495 e. The van der Waals surface area contributed by atoms with Crippen LogP contribution in [0, 0.1) is 0 Å². The lowest BCUT2D eigenvalue weighted by Gasteiger charge is -2.14. The fourth-order valence-corrected chi connectivity index (χ4v) is 2.94. The molecule has 1 aromatic heterocycles. The monoisotopic (exact) mass is 364 g/mol. The van der Waals surface area contributed by atoms with Gasteiger partial charge in [-0.1, -0.05) is 0 Å². The van der Waals surface area contributed by atoms with Gasteiger partial charge in [0, 0.05) is 18.0 Å². The van der Waals surface area contributed by atoms with Crippen molar-refractivity contribution in [3.63, 3.8) is 0 Å². The zero-order chi connectivity index (χ0) is 18.4. The number of rotatable bonds is 7. The van der Waals surface area contributed by atoms with Crippen molar-refractivity contribution in [2.75, 3.05) is 14.2 Å². The summed E-state index contributed by atoms with van der Waals surface area (Å²) < 4.78 is 31.3. The first-order valence-corrected chi connectivity index (χ1v) is 8.73. The molecule has 0 aliphatic rings. The number of hydrogen-bond acceptors (Lipinski definition) is 7. The summed E-state index contributed by atoms with van der Waals surface area (Å²) in [4.78, 5) is 3.94. The Morgan fingerprint density at radius 1 is 1.32 bits per heavy atom. The predicted octanol–water partition coefficient (Wildman–Crippen LogP) is -0.00550. The minimum atomic E-state index is -3.64. The molecule has 0 amide bonds. The smallest absolute Gasteiger partial charge is 0.243 e. The number of methoxy groups -OCH3 is 1. The molecule has 0 atom stereocenters. The summed E-state index contributed by atoms with van der Waals surface area (Å²) in [6.07, 6.45) is 3.31. The lowest BCUT2D eigenvalue weighted by Crippen LogP contribution is -2.29. The second kappa shape index (κ2) is 7.92. The molecule has 0 saturated carbocycles. The number of amidine groups is 1. The van der Waals surface area contributed by atoms with Gasteiger partial charge in [-0.15, -0.1) is 5.10 Å². The maximum atomic E-state index is 12.0. The van der Waals surface area contributed by atoms with E-state index in [0.717, 1.165) is 5.56 Å². The van der Waals surface area contributed by atoms with Crippen LogP contribution in [0.15, 0.2) is 52.7 Å². The molecule has 10 heteroatoms. The third-order valence-corrected chi connectivity index (χ3v) is 4.80. The standard InChI is InChI=1S/C15H20N6O3S/c1-18-25(22,23)14-4-3-12(9-13(14)24-2)15(16)20-21(17)10-11-5-7-19-8-6-11/h3-9,18H,10,17H2,1-2H3,(H2,16,20). The molecular weight excluding hydrogens is 344 g/mol. The highest BCUT2D eigenvalue weighted by atomic mass is 32.2. The Kier molecular flexibility index (Phi) is 5.91. The van der Waals surface area contributed by atoms with Gasteiger partial charge in [0.15, 0.2) is 5.84 Å². The lowest BCUT2D eigenvalue weighted by molar-refractivity contribution is 0.290. The van der Waals surface area contributed by atoms with E-state index >= 15 is 0 Å². The van der Waals surface area contributed by atoms with Crippen LogP contribution in [0.2, 0.25) is 0 Å². The zero-order valence-corrected chi connectivity index (χ0v) is 14.7. The summed E-state index contributed by atoms with van der Waals surface area (Å²) in [5.41, 5.74) is 7.36. The predicted molar refractivity (Wildman–Crippen MR) is 93.9 cm³/mol. The summed E-state index contributed by atoms with van der Waals surface area (Å²) in [7, 11) is -0.946. The Morgan fingerprint density at radius 2 is 2.00 bits per heavy atom. The van der Waals surface area contributed by atoms with E-state index in [4.69, 9.17) is 16.3 Å². The van der Waals surface area contributed by atoms with Crippen molar-refractivity contribution in [1.29, 1.82) is 0 Å². The topological polar surface area (TPSA) is 136 Å². The summed E-state index contributed by atoms with van der Waals surface area (Å²) in [5, 5.41) is 5.28. The molecule has 0 aliphatic heterocycles. The number of nitrogens with two attached hydrogens (primary N) is 2. The minimum Gasteiger partial charge on any atom is -0.495 e. The number of ether oxygens (including phenoxy) is 1. The highest BCUT2D eigenvalue weighted by Gasteiger charge is 2.18. The summed E-state index contributed by atoms with van der Waals surface area (Å²) in [6.45, 7) is 0.340. The third-order valence-electron chi connectivity index (χ3n) is 3.35. The van der Waals surface area contributed by atoms with Crippen LogP contribution in [0.1, 0.15) is 11.1 Å². The Bertz CT molecular complexity index is 855. The van der Waals surface area contributed by atoms with Crippen molar-refractivity contribution in [2.45, 2.75) is 11.4 Å². The highest BCUT2D eigenvalue weighted by molar-refractivity contribution is 7.89. The number of aromatic nitrogens is 1. The number of benzene rings is 1. The molecule has 0 fully saturated rings. The molecular formula is C15H20N6O3S. The number of hydrazone groups is 1.